The molecule has 6 heteroatoms. The predicted molar refractivity (Wildman–Crippen MR) is 90.6 cm³/mol. The van der Waals surface area contributed by atoms with Crippen molar-refractivity contribution in [1.29, 1.82) is 0 Å². The minimum Gasteiger partial charge on any atom is -0.493 e. The summed E-state index contributed by atoms with van der Waals surface area (Å²) in [6.45, 7) is 0.0323. The molecule has 2 aromatic carbocycles. The summed E-state index contributed by atoms with van der Waals surface area (Å²) < 4.78 is 21.0. The van der Waals surface area contributed by atoms with Crippen molar-refractivity contribution in [3.8, 4) is 22.8 Å². The van der Waals surface area contributed by atoms with Crippen LogP contribution in [0, 0.1) is 0 Å². The van der Waals surface area contributed by atoms with E-state index >= 15 is 0 Å². The van der Waals surface area contributed by atoms with Gasteiger partial charge in [-0.15, -0.1) is 0 Å². The molecule has 0 saturated carbocycles. The smallest absolute Gasteiger partial charge is 0.338 e. The van der Waals surface area contributed by atoms with Crippen molar-refractivity contribution in [1.82, 2.24) is 5.16 Å². The zero-order valence-corrected chi connectivity index (χ0v) is 13.9. The fourth-order valence-electron chi connectivity index (χ4n) is 2.30. The normalized spacial score (nSPS) is 10.3. The van der Waals surface area contributed by atoms with Crippen molar-refractivity contribution in [2.45, 2.75) is 6.61 Å². The lowest BCUT2D eigenvalue weighted by Crippen LogP contribution is -2.04. The van der Waals surface area contributed by atoms with Gasteiger partial charge in [-0.05, 0) is 30.3 Å². The van der Waals surface area contributed by atoms with Gasteiger partial charge in [-0.3, -0.25) is 0 Å². The molecule has 0 bridgehead atoms. The van der Waals surface area contributed by atoms with Crippen molar-refractivity contribution in [3.05, 3.63) is 65.9 Å². The van der Waals surface area contributed by atoms with Gasteiger partial charge in [0.2, 0.25) is 0 Å². The van der Waals surface area contributed by atoms with Crippen LogP contribution in [0.15, 0.2) is 59.1 Å². The lowest BCUT2D eigenvalue weighted by molar-refractivity contribution is 0.0464. The Morgan fingerprint density at radius 1 is 1.00 bits per heavy atom. The number of carbonyl (C=O) groups is 1. The van der Waals surface area contributed by atoms with E-state index in [2.05, 4.69) is 5.16 Å². The summed E-state index contributed by atoms with van der Waals surface area (Å²) in [4.78, 5) is 11.9. The molecule has 0 aliphatic rings. The van der Waals surface area contributed by atoms with Crippen LogP contribution in [0.25, 0.3) is 11.3 Å². The number of ether oxygens (including phenoxy) is 3. The van der Waals surface area contributed by atoms with Gasteiger partial charge in [-0.1, -0.05) is 23.4 Å². The Kier molecular flexibility index (Phi) is 4.99. The molecule has 0 fully saturated rings. The number of rotatable bonds is 6. The number of hydrogen-bond acceptors (Lipinski definition) is 6. The summed E-state index contributed by atoms with van der Waals surface area (Å²) in [7, 11) is 3.14. The summed E-state index contributed by atoms with van der Waals surface area (Å²) in [6.07, 6.45) is 0. The highest BCUT2D eigenvalue weighted by Gasteiger charge is 2.13. The molecule has 0 saturated heterocycles. The molecule has 6 nitrogen and oxygen atoms in total. The molecule has 0 N–H and O–H groups in total. The van der Waals surface area contributed by atoms with Crippen LogP contribution in [0.4, 0.5) is 0 Å². The van der Waals surface area contributed by atoms with E-state index in [0.717, 1.165) is 5.56 Å². The largest absolute Gasteiger partial charge is 0.493 e. The van der Waals surface area contributed by atoms with E-state index in [1.807, 2.05) is 12.1 Å². The molecule has 1 heterocycles. The Morgan fingerprint density at radius 2 is 1.76 bits per heavy atom. The zero-order chi connectivity index (χ0) is 17.6. The Labute approximate surface area is 144 Å². The maximum Gasteiger partial charge on any atom is 0.338 e. The van der Waals surface area contributed by atoms with Crippen LogP contribution in [0.2, 0.25) is 0 Å². The summed E-state index contributed by atoms with van der Waals surface area (Å²) in [5, 5.41) is 3.93. The SMILES string of the molecule is COc1ccc(-c2cc(COC(=O)c3ccccc3)no2)cc1OC. The third-order valence-electron chi connectivity index (χ3n) is 3.59. The third kappa shape index (κ3) is 3.80. The minimum atomic E-state index is -0.406. The molecule has 25 heavy (non-hydrogen) atoms. The van der Waals surface area contributed by atoms with Crippen molar-refractivity contribution in [2.75, 3.05) is 14.2 Å². The summed E-state index contributed by atoms with van der Waals surface area (Å²) in [5.41, 5.74) is 1.80. The zero-order valence-electron chi connectivity index (χ0n) is 13.9. The second-order valence-electron chi connectivity index (χ2n) is 5.19. The van der Waals surface area contributed by atoms with Gasteiger partial charge in [0.25, 0.3) is 0 Å². The highest BCUT2D eigenvalue weighted by molar-refractivity contribution is 5.89. The number of hydrogen-bond donors (Lipinski definition) is 0. The fourth-order valence-corrected chi connectivity index (χ4v) is 2.30. The molecule has 0 aliphatic carbocycles. The monoisotopic (exact) mass is 339 g/mol. The Hall–Kier alpha value is -3.28. The van der Waals surface area contributed by atoms with Crippen molar-refractivity contribution < 1.29 is 23.5 Å². The van der Waals surface area contributed by atoms with Crippen molar-refractivity contribution in [2.24, 2.45) is 0 Å². The number of benzene rings is 2. The van der Waals surface area contributed by atoms with E-state index in [-0.39, 0.29) is 6.61 Å². The molecule has 0 spiro atoms. The summed E-state index contributed by atoms with van der Waals surface area (Å²) >= 11 is 0. The van der Waals surface area contributed by atoms with Gasteiger partial charge < -0.3 is 18.7 Å². The summed E-state index contributed by atoms with van der Waals surface area (Å²) in [5.74, 6) is 1.36. The second-order valence-corrected chi connectivity index (χ2v) is 5.19. The first-order valence-electron chi connectivity index (χ1n) is 7.61. The molecule has 0 radical (unpaired) electrons. The molecule has 0 atom stereocenters. The quantitative estimate of drug-likeness (QED) is 0.638. The fraction of sp³-hybridized carbons (Fsp3) is 0.158. The standard InChI is InChI=1S/C19H17NO5/c1-22-16-9-8-14(10-18(16)23-2)17-11-15(20-25-17)12-24-19(21)13-6-4-3-5-7-13/h3-11H,12H2,1-2H3. The first-order chi connectivity index (χ1) is 12.2. The number of nitrogens with zero attached hydrogens (tertiary/aromatic N) is 1. The first kappa shape index (κ1) is 16.6. The van der Waals surface area contributed by atoms with E-state index in [0.29, 0.717) is 28.5 Å². The van der Waals surface area contributed by atoms with Gasteiger partial charge in [0.05, 0.1) is 19.8 Å². The van der Waals surface area contributed by atoms with Crippen LogP contribution in [0.1, 0.15) is 16.1 Å². The number of esters is 1. The van der Waals surface area contributed by atoms with Gasteiger partial charge >= 0.3 is 5.97 Å². The van der Waals surface area contributed by atoms with Gasteiger partial charge in [0, 0.05) is 11.6 Å². The lowest BCUT2D eigenvalue weighted by atomic mass is 10.1. The van der Waals surface area contributed by atoms with Crippen molar-refractivity contribution >= 4 is 5.97 Å². The maximum atomic E-state index is 11.9. The lowest BCUT2D eigenvalue weighted by Gasteiger charge is -2.07. The van der Waals surface area contributed by atoms with E-state index in [1.54, 1.807) is 56.7 Å². The van der Waals surface area contributed by atoms with Gasteiger partial charge in [-0.25, -0.2) is 4.79 Å². The average Bonchev–Trinajstić information content (AvgIpc) is 3.15. The van der Waals surface area contributed by atoms with E-state index < -0.39 is 5.97 Å². The Bertz CT molecular complexity index is 857. The molecule has 1 aromatic heterocycles. The van der Waals surface area contributed by atoms with Gasteiger partial charge in [0.15, 0.2) is 17.3 Å². The molecule has 128 valence electrons. The minimum absolute atomic E-state index is 0.0323. The predicted octanol–water partition coefficient (Wildman–Crippen LogP) is 3.72. The van der Waals surface area contributed by atoms with Crippen LogP contribution < -0.4 is 9.47 Å². The van der Waals surface area contributed by atoms with Crippen LogP contribution >= 0.6 is 0 Å². The third-order valence-corrected chi connectivity index (χ3v) is 3.59. The van der Waals surface area contributed by atoms with Crippen LogP contribution in [-0.2, 0) is 11.3 Å². The van der Waals surface area contributed by atoms with Gasteiger partial charge in [-0.2, -0.15) is 0 Å². The van der Waals surface area contributed by atoms with Crippen LogP contribution in [0.3, 0.4) is 0 Å². The van der Waals surface area contributed by atoms with E-state index in [4.69, 9.17) is 18.7 Å². The summed E-state index contributed by atoms with van der Waals surface area (Å²) in [6, 6.07) is 15.9. The van der Waals surface area contributed by atoms with Crippen LogP contribution in [-0.4, -0.2) is 25.3 Å². The van der Waals surface area contributed by atoms with Crippen molar-refractivity contribution in [3.63, 3.8) is 0 Å². The van der Waals surface area contributed by atoms with E-state index in [1.165, 1.54) is 0 Å². The Morgan fingerprint density at radius 3 is 2.48 bits per heavy atom. The van der Waals surface area contributed by atoms with E-state index in [9.17, 15) is 4.79 Å². The van der Waals surface area contributed by atoms with Gasteiger partial charge in [0.1, 0.15) is 12.3 Å². The molecule has 3 aromatic rings. The molecular formula is C19H17NO5. The average molecular weight is 339 g/mol. The number of carbonyl (C=O) groups excluding carboxylic acids is 1. The molecule has 0 aliphatic heterocycles. The Balaban J connectivity index is 1.69. The topological polar surface area (TPSA) is 70.8 Å². The second kappa shape index (κ2) is 7.53. The maximum absolute atomic E-state index is 11.9. The highest BCUT2D eigenvalue weighted by atomic mass is 16.5. The molecule has 3 rings (SSSR count). The van der Waals surface area contributed by atoms with Crippen LogP contribution in [0.5, 0.6) is 11.5 Å². The first-order valence-corrected chi connectivity index (χ1v) is 7.61. The number of methoxy groups -OCH3 is 2. The molecule has 0 amide bonds. The highest BCUT2D eigenvalue weighted by Crippen LogP contribution is 2.32. The molecule has 0 unspecified atom stereocenters. The molecular weight excluding hydrogens is 322 g/mol. The number of aromatic nitrogens is 1.